The molecule has 2 amide bonds. The molecular formula is C48H40ClN9O5. The molecule has 0 aliphatic carbocycles. The summed E-state index contributed by atoms with van der Waals surface area (Å²) in [6, 6.07) is 26.1. The van der Waals surface area contributed by atoms with Gasteiger partial charge in [0.05, 0.1) is 54.6 Å². The van der Waals surface area contributed by atoms with Crippen LogP contribution in [0.4, 0.5) is 0 Å². The number of likely N-dealkylation sites (tertiary alicyclic amines) is 2. The van der Waals surface area contributed by atoms with E-state index < -0.39 is 0 Å². The third kappa shape index (κ3) is 6.51. The van der Waals surface area contributed by atoms with Crippen molar-refractivity contribution in [1.29, 1.82) is 0 Å². The van der Waals surface area contributed by atoms with Gasteiger partial charge < -0.3 is 33.7 Å². The number of para-hydroxylation sites is 1. The summed E-state index contributed by atoms with van der Waals surface area (Å²) in [6.07, 6.45) is 4.87. The molecule has 15 heteroatoms. The average Bonchev–Trinajstić information content (AvgIpc) is 4.16. The molecule has 2 fully saturated rings. The molecule has 0 saturated carbocycles. The molecule has 0 unspecified atom stereocenters. The van der Waals surface area contributed by atoms with Crippen molar-refractivity contribution in [2.24, 2.45) is 0 Å². The summed E-state index contributed by atoms with van der Waals surface area (Å²) in [5.74, 6) is 3.36. The molecule has 14 nitrogen and oxygen atoms in total. The first-order chi connectivity index (χ1) is 30.8. The van der Waals surface area contributed by atoms with Crippen molar-refractivity contribution >= 4 is 67.0 Å². The first kappa shape index (κ1) is 38.6. The fraction of sp³-hybridized carbons (Fsp3) is 0.229. The van der Waals surface area contributed by atoms with Gasteiger partial charge in [-0.05, 0) is 87.2 Å². The van der Waals surface area contributed by atoms with E-state index in [9.17, 15) is 9.59 Å². The normalized spacial score (nSPS) is 16.6. The monoisotopic (exact) mass is 857 g/mol. The second-order valence-corrected chi connectivity index (χ2v) is 16.4. The quantitative estimate of drug-likeness (QED) is 0.140. The number of rotatable bonds is 8. The number of aryl methyl sites for hydroxylation is 1. The molecule has 2 atom stereocenters. The zero-order valence-electron chi connectivity index (χ0n) is 34.6. The van der Waals surface area contributed by atoms with Crippen LogP contribution in [0.3, 0.4) is 0 Å². The second kappa shape index (κ2) is 15.2. The number of fused-ring (bicyclic) bond motifs is 4. The average molecular weight is 858 g/mol. The lowest BCUT2D eigenvalue weighted by molar-refractivity contribution is 0.0719. The summed E-state index contributed by atoms with van der Waals surface area (Å²) < 4.78 is 17.6. The highest BCUT2D eigenvalue weighted by molar-refractivity contribution is 6.30. The number of aromatic nitrogens is 7. The largest absolute Gasteiger partial charge is 0.496 e. The van der Waals surface area contributed by atoms with Crippen LogP contribution >= 0.6 is 11.6 Å². The van der Waals surface area contributed by atoms with Crippen LogP contribution in [0, 0.1) is 6.92 Å². The van der Waals surface area contributed by atoms with Gasteiger partial charge in [-0.15, -0.1) is 0 Å². The van der Waals surface area contributed by atoms with Gasteiger partial charge in [0.15, 0.2) is 5.76 Å². The third-order valence-corrected chi connectivity index (χ3v) is 12.5. The Bertz CT molecular complexity index is 3300. The first-order valence-electron chi connectivity index (χ1n) is 20.9. The number of methoxy groups -OCH3 is 2. The van der Waals surface area contributed by atoms with Crippen LogP contribution in [0.5, 0.6) is 11.5 Å². The minimum Gasteiger partial charge on any atom is -0.496 e. The van der Waals surface area contributed by atoms with Gasteiger partial charge >= 0.3 is 0 Å². The first-order valence-corrected chi connectivity index (χ1v) is 21.3. The van der Waals surface area contributed by atoms with Crippen molar-refractivity contribution in [2.75, 3.05) is 27.3 Å². The topological polar surface area (TPSA) is 168 Å². The molecule has 314 valence electrons. The highest BCUT2D eigenvalue weighted by Crippen LogP contribution is 2.39. The maximum Gasteiger partial charge on any atom is 0.273 e. The number of nitrogens with one attached hydrogen (secondary N) is 2. The number of hydrogen-bond donors (Lipinski definition) is 2. The number of ether oxygens (including phenoxy) is 2. The molecule has 4 aromatic carbocycles. The highest BCUT2D eigenvalue weighted by Gasteiger charge is 2.36. The smallest absolute Gasteiger partial charge is 0.273 e. The van der Waals surface area contributed by atoms with Gasteiger partial charge in [0.2, 0.25) is 5.89 Å². The maximum atomic E-state index is 14.2. The summed E-state index contributed by atoms with van der Waals surface area (Å²) in [5, 5.41) is 3.24. The molecule has 63 heavy (non-hydrogen) atoms. The van der Waals surface area contributed by atoms with Gasteiger partial charge in [-0.2, -0.15) is 0 Å². The number of nitrogens with zero attached hydrogens (tertiary/aromatic N) is 7. The summed E-state index contributed by atoms with van der Waals surface area (Å²) in [6.45, 7) is 3.04. The molecule has 7 heterocycles. The molecule has 0 radical (unpaired) electrons. The summed E-state index contributed by atoms with van der Waals surface area (Å²) in [5.41, 5.74) is 6.06. The van der Waals surface area contributed by atoms with Crippen molar-refractivity contribution in [3.8, 4) is 34.3 Å². The summed E-state index contributed by atoms with van der Waals surface area (Å²) in [4.78, 5) is 63.0. The molecule has 2 saturated heterocycles. The van der Waals surface area contributed by atoms with Crippen molar-refractivity contribution in [1.82, 2.24) is 44.7 Å². The van der Waals surface area contributed by atoms with Gasteiger partial charge in [0.1, 0.15) is 45.2 Å². The Morgan fingerprint density at radius 3 is 2.05 bits per heavy atom. The van der Waals surface area contributed by atoms with Crippen molar-refractivity contribution in [2.45, 2.75) is 44.7 Å². The number of pyridine rings is 2. The van der Waals surface area contributed by atoms with Crippen molar-refractivity contribution in [3.63, 3.8) is 0 Å². The van der Waals surface area contributed by atoms with Gasteiger partial charge in [0.25, 0.3) is 11.8 Å². The Labute approximate surface area is 365 Å². The zero-order chi connectivity index (χ0) is 42.9. The fourth-order valence-electron chi connectivity index (χ4n) is 9.39. The second-order valence-electron chi connectivity index (χ2n) is 16.0. The van der Waals surface area contributed by atoms with Crippen LogP contribution in [0.25, 0.3) is 66.4 Å². The molecule has 2 aliphatic heterocycles. The predicted octanol–water partition coefficient (Wildman–Crippen LogP) is 9.79. The van der Waals surface area contributed by atoms with E-state index in [4.69, 9.17) is 45.4 Å². The number of imidazole rings is 2. The van der Waals surface area contributed by atoms with Crippen LogP contribution in [0.1, 0.15) is 76.1 Å². The van der Waals surface area contributed by atoms with E-state index in [0.717, 1.165) is 81.0 Å². The number of H-pyrrole nitrogens is 2. The number of amides is 2. The third-order valence-electron chi connectivity index (χ3n) is 12.3. The molecule has 9 aromatic rings. The summed E-state index contributed by atoms with van der Waals surface area (Å²) >= 11 is 6.44. The van der Waals surface area contributed by atoms with E-state index in [-0.39, 0.29) is 34.7 Å². The van der Waals surface area contributed by atoms with Gasteiger partial charge in [-0.1, -0.05) is 41.9 Å². The van der Waals surface area contributed by atoms with E-state index in [1.54, 1.807) is 26.5 Å². The number of carbonyl (C=O) groups is 2. The minimum atomic E-state index is -0.303. The van der Waals surface area contributed by atoms with E-state index in [1.165, 1.54) is 0 Å². The Hall–Kier alpha value is -7.32. The van der Waals surface area contributed by atoms with E-state index in [1.807, 2.05) is 95.6 Å². The number of hydrogen-bond acceptors (Lipinski definition) is 10. The number of oxazole rings is 1. The standard InChI is InChI=1S/C48H40ClN9O5/c1-25-21-30-27(9-5-15-37(30)61-2)42(51-25)47(59)57-19-7-13-35(57)44-52-32-18-17-26(22-34(32)54-44)39-24-50-46(63-39)29-11-4-12-33-41(29)56-45(53-33)36-14-8-20-58(36)48(60)43-28-10-6-16-38(62-3)31(28)23-40(49)55-43/h4-6,9-12,15-18,21-24,35-36H,7-8,13-14,19-20H2,1-3H3,(H,52,54)(H,53,56)/t35-,36-/m0/s1. The van der Waals surface area contributed by atoms with Crippen LogP contribution < -0.4 is 9.47 Å². The Kier molecular flexibility index (Phi) is 9.34. The van der Waals surface area contributed by atoms with Gasteiger partial charge in [-0.25, -0.2) is 24.9 Å². The maximum absolute atomic E-state index is 14.2. The Balaban J connectivity index is 0.860. The Morgan fingerprint density at radius 2 is 1.35 bits per heavy atom. The predicted molar refractivity (Wildman–Crippen MR) is 239 cm³/mol. The van der Waals surface area contributed by atoms with Gasteiger partial charge in [0, 0.05) is 45.9 Å². The van der Waals surface area contributed by atoms with E-state index in [0.29, 0.717) is 58.7 Å². The molecule has 2 N–H and O–H groups in total. The SMILES string of the molecule is COc1cccc2c(C(=O)N3CCC[C@H]3c3nc4ccc(-c5cnc(-c6cccc7[nH]c([C@@H]8CCCN8C(=O)c8nc(Cl)cc9c(OC)cccc89)nc67)o5)cc4[nH]3)nc(C)cc12. The molecular weight excluding hydrogens is 818 g/mol. The minimum absolute atomic E-state index is 0.132. The lowest BCUT2D eigenvalue weighted by Gasteiger charge is -2.23. The van der Waals surface area contributed by atoms with Crippen LogP contribution in [-0.4, -0.2) is 83.8 Å². The number of benzene rings is 4. The molecule has 5 aromatic heterocycles. The number of aromatic amines is 2. The molecule has 11 rings (SSSR count). The van der Waals surface area contributed by atoms with Crippen LogP contribution in [0.15, 0.2) is 95.5 Å². The number of halogens is 1. The van der Waals surface area contributed by atoms with Crippen LogP contribution in [-0.2, 0) is 0 Å². The highest BCUT2D eigenvalue weighted by atomic mass is 35.5. The molecule has 2 aliphatic rings. The molecule has 0 bridgehead atoms. The summed E-state index contributed by atoms with van der Waals surface area (Å²) in [7, 11) is 3.22. The van der Waals surface area contributed by atoms with Crippen LogP contribution in [0.2, 0.25) is 5.15 Å². The lowest BCUT2D eigenvalue weighted by Crippen LogP contribution is -2.32. The molecule has 0 spiro atoms. The van der Waals surface area contributed by atoms with Crippen molar-refractivity contribution in [3.05, 3.63) is 125 Å². The van der Waals surface area contributed by atoms with E-state index >= 15 is 0 Å². The zero-order valence-corrected chi connectivity index (χ0v) is 35.4. The van der Waals surface area contributed by atoms with Crippen molar-refractivity contribution < 1.29 is 23.5 Å². The van der Waals surface area contributed by atoms with Gasteiger partial charge in [-0.3, -0.25) is 9.59 Å². The lowest BCUT2D eigenvalue weighted by atomic mass is 10.1. The number of carbonyl (C=O) groups excluding carboxylic acids is 2. The van der Waals surface area contributed by atoms with E-state index in [2.05, 4.69) is 15.0 Å². The fourth-order valence-corrected chi connectivity index (χ4v) is 9.58. The Morgan fingerprint density at radius 1 is 0.714 bits per heavy atom.